The zero-order valence-electron chi connectivity index (χ0n) is 15.2. The summed E-state index contributed by atoms with van der Waals surface area (Å²) >= 11 is 0. The molecular formula is C16H26N2O6S2. The first kappa shape index (κ1) is 21.3. The van der Waals surface area contributed by atoms with Crippen LogP contribution in [0.2, 0.25) is 0 Å². The summed E-state index contributed by atoms with van der Waals surface area (Å²) < 4.78 is 63.7. The predicted molar refractivity (Wildman–Crippen MR) is 96.6 cm³/mol. The fraction of sp³-hybridized carbons (Fsp3) is 0.625. The SMILES string of the molecule is COC(CNS(=O)(=O)c1ccc(S(=O)(=O)N2CCC[C@@H](C)C2)cc1)OC. The van der Waals surface area contributed by atoms with Crippen LogP contribution in [0.15, 0.2) is 34.1 Å². The fourth-order valence-corrected chi connectivity index (χ4v) is 5.44. The minimum absolute atomic E-state index is 0.0191. The second kappa shape index (κ2) is 8.77. The minimum Gasteiger partial charge on any atom is -0.355 e. The number of benzene rings is 1. The molecule has 0 saturated carbocycles. The number of ether oxygens (including phenoxy) is 2. The van der Waals surface area contributed by atoms with Gasteiger partial charge in [-0.1, -0.05) is 6.92 Å². The lowest BCUT2D eigenvalue weighted by molar-refractivity contribution is -0.0960. The molecule has 0 aromatic heterocycles. The smallest absolute Gasteiger partial charge is 0.243 e. The molecule has 1 saturated heterocycles. The minimum atomic E-state index is -3.79. The van der Waals surface area contributed by atoms with Gasteiger partial charge in [0.05, 0.1) is 16.3 Å². The van der Waals surface area contributed by atoms with Crippen molar-refractivity contribution in [1.29, 1.82) is 0 Å². The van der Waals surface area contributed by atoms with E-state index in [1.165, 1.54) is 42.8 Å². The maximum Gasteiger partial charge on any atom is 0.243 e. The number of nitrogens with zero attached hydrogens (tertiary/aromatic N) is 1. The van der Waals surface area contributed by atoms with Gasteiger partial charge in [-0.25, -0.2) is 21.6 Å². The lowest BCUT2D eigenvalue weighted by Crippen LogP contribution is -2.39. The molecule has 1 aromatic carbocycles. The fourth-order valence-electron chi connectivity index (χ4n) is 2.83. The van der Waals surface area contributed by atoms with Gasteiger partial charge in [0, 0.05) is 27.3 Å². The molecule has 0 unspecified atom stereocenters. The lowest BCUT2D eigenvalue weighted by Gasteiger charge is -2.30. The summed E-state index contributed by atoms with van der Waals surface area (Å²) in [4.78, 5) is 0.0756. The van der Waals surface area contributed by atoms with Gasteiger partial charge in [0.15, 0.2) is 6.29 Å². The van der Waals surface area contributed by atoms with E-state index >= 15 is 0 Å². The van der Waals surface area contributed by atoms with Gasteiger partial charge in [-0.05, 0) is 43.0 Å². The van der Waals surface area contributed by atoms with Crippen LogP contribution < -0.4 is 4.72 Å². The Morgan fingerprint density at radius 2 is 1.69 bits per heavy atom. The molecule has 1 N–H and O–H groups in total. The van der Waals surface area contributed by atoms with Crippen LogP contribution in [0.1, 0.15) is 19.8 Å². The van der Waals surface area contributed by atoms with Gasteiger partial charge in [-0.15, -0.1) is 0 Å². The predicted octanol–water partition coefficient (Wildman–Crippen LogP) is 1.00. The third-order valence-electron chi connectivity index (χ3n) is 4.36. The van der Waals surface area contributed by atoms with Crippen LogP contribution in [-0.4, -0.2) is 61.3 Å². The van der Waals surface area contributed by atoms with E-state index in [0.29, 0.717) is 19.0 Å². The molecular weight excluding hydrogens is 380 g/mol. The Kier molecular flexibility index (Phi) is 7.17. The van der Waals surface area contributed by atoms with Crippen LogP contribution in [0.25, 0.3) is 0 Å². The van der Waals surface area contributed by atoms with Crippen molar-refractivity contribution >= 4 is 20.0 Å². The van der Waals surface area contributed by atoms with Gasteiger partial charge in [0.2, 0.25) is 20.0 Å². The first-order valence-corrected chi connectivity index (χ1v) is 11.3. The number of nitrogens with one attached hydrogen (secondary N) is 1. The topological polar surface area (TPSA) is 102 Å². The highest BCUT2D eigenvalue weighted by molar-refractivity contribution is 7.89. The molecule has 2 rings (SSSR count). The van der Waals surface area contributed by atoms with Crippen molar-refractivity contribution in [1.82, 2.24) is 9.03 Å². The highest BCUT2D eigenvalue weighted by Gasteiger charge is 2.29. The standard InChI is InChI=1S/C16H26N2O6S2/c1-13-5-4-10-18(12-13)26(21,22)15-8-6-14(7-9-15)25(19,20)17-11-16(23-2)24-3/h6-9,13,16-17H,4-5,10-12H2,1-3H3/t13-/m1/s1. The molecule has 26 heavy (non-hydrogen) atoms. The maximum absolute atomic E-state index is 12.7. The summed E-state index contributed by atoms with van der Waals surface area (Å²) in [5.74, 6) is 0.317. The van der Waals surface area contributed by atoms with Crippen molar-refractivity contribution in [3.63, 3.8) is 0 Å². The van der Waals surface area contributed by atoms with Crippen molar-refractivity contribution in [3.05, 3.63) is 24.3 Å². The number of piperidine rings is 1. The van der Waals surface area contributed by atoms with Gasteiger partial charge >= 0.3 is 0 Å². The van der Waals surface area contributed by atoms with Crippen molar-refractivity contribution < 1.29 is 26.3 Å². The average molecular weight is 407 g/mol. The Hall–Kier alpha value is -1.04. The summed E-state index contributed by atoms with van der Waals surface area (Å²) in [7, 11) is -4.59. The summed E-state index contributed by atoms with van der Waals surface area (Å²) in [5, 5.41) is 0. The van der Waals surface area contributed by atoms with Crippen molar-refractivity contribution in [2.24, 2.45) is 5.92 Å². The molecule has 1 heterocycles. The molecule has 1 aliphatic heterocycles. The second-order valence-corrected chi connectivity index (χ2v) is 10.0. The summed E-state index contributed by atoms with van der Waals surface area (Å²) in [5.41, 5.74) is 0. The van der Waals surface area contributed by atoms with E-state index < -0.39 is 26.3 Å². The largest absolute Gasteiger partial charge is 0.355 e. The van der Waals surface area contributed by atoms with E-state index in [2.05, 4.69) is 4.72 Å². The second-order valence-electron chi connectivity index (χ2n) is 6.33. The van der Waals surface area contributed by atoms with Gasteiger partial charge in [0.1, 0.15) is 0 Å². The molecule has 1 aliphatic rings. The Labute approximate surface area is 155 Å². The summed E-state index contributed by atoms with van der Waals surface area (Å²) in [6, 6.07) is 5.23. The van der Waals surface area contributed by atoms with E-state index in [1.807, 2.05) is 6.92 Å². The third-order valence-corrected chi connectivity index (χ3v) is 7.68. The molecule has 0 radical (unpaired) electrons. The Balaban J connectivity index is 2.14. The van der Waals surface area contributed by atoms with E-state index in [1.54, 1.807) is 0 Å². The normalized spacial score (nSPS) is 19.8. The van der Waals surface area contributed by atoms with Gasteiger partial charge in [0.25, 0.3) is 0 Å². The highest BCUT2D eigenvalue weighted by Crippen LogP contribution is 2.24. The first-order valence-electron chi connectivity index (χ1n) is 8.36. The number of rotatable bonds is 8. The molecule has 1 atom stereocenters. The maximum atomic E-state index is 12.7. The van der Waals surface area contributed by atoms with Crippen molar-refractivity contribution in [3.8, 4) is 0 Å². The van der Waals surface area contributed by atoms with Crippen LogP contribution in [0.5, 0.6) is 0 Å². The van der Waals surface area contributed by atoms with Crippen molar-refractivity contribution in [2.75, 3.05) is 33.9 Å². The molecule has 0 aliphatic carbocycles. The van der Waals surface area contributed by atoms with E-state index in [0.717, 1.165) is 12.8 Å². The number of hydrogen-bond acceptors (Lipinski definition) is 6. The zero-order chi connectivity index (χ0) is 19.4. The highest BCUT2D eigenvalue weighted by atomic mass is 32.2. The first-order chi connectivity index (χ1) is 12.2. The molecule has 10 heteroatoms. The molecule has 0 amide bonds. The average Bonchev–Trinajstić information content (AvgIpc) is 2.62. The Morgan fingerprint density at radius 1 is 1.12 bits per heavy atom. The molecule has 148 valence electrons. The van der Waals surface area contributed by atoms with E-state index in [-0.39, 0.29) is 16.3 Å². The van der Waals surface area contributed by atoms with Crippen LogP contribution in [-0.2, 0) is 29.5 Å². The van der Waals surface area contributed by atoms with E-state index in [9.17, 15) is 16.8 Å². The van der Waals surface area contributed by atoms with Crippen LogP contribution >= 0.6 is 0 Å². The molecule has 1 aromatic rings. The molecule has 8 nitrogen and oxygen atoms in total. The molecule has 0 bridgehead atoms. The molecule has 1 fully saturated rings. The quantitative estimate of drug-likeness (QED) is 0.647. The molecule has 0 spiro atoms. The Morgan fingerprint density at radius 3 is 2.23 bits per heavy atom. The summed E-state index contributed by atoms with van der Waals surface area (Å²) in [6.07, 6.45) is 1.14. The number of hydrogen-bond donors (Lipinski definition) is 1. The Bertz CT molecular complexity index is 789. The number of sulfonamides is 2. The monoisotopic (exact) mass is 406 g/mol. The van der Waals surface area contributed by atoms with Crippen molar-refractivity contribution in [2.45, 2.75) is 35.8 Å². The third kappa shape index (κ3) is 5.02. The number of methoxy groups -OCH3 is 2. The van der Waals surface area contributed by atoms with Gasteiger partial charge in [-0.2, -0.15) is 4.31 Å². The summed E-state index contributed by atoms with van der Waals surface area (Å²) in [6.45, 7) is 2.94. The van der Waals surface area contributed by atoms with Gasteiger partial charge in [-0.3, -0.25) is 0 Å². The van der Waals surface area contributed by atoms with E-state index in [4.69, 9.17) is 9.47 Å². The van der Waals surface area contributed by atoms with Crippen LogP contribution in [0.4, 0.5) is 0 Å². The van der Waals surface area contributed by atoms with Crippen LogP contribution in [0, 0.1) is 5.92 Å². The zero-order valence-corrected chi connectivity index (χ0v) is 16.8. The van der Waals surface area contributed by atoms with Gasteiger partial charge < -0.3 is 9.47 Å². The lowest BCUT2D eigenvalue weighted by atomic mass is 10.0. The van der Waals surface area contributed by atoms with Crippen LogP contribution in [0.3, 0.4) is 0 Å².